The molecule has 26 heavy (non-hydrogen) atoms. The molecule has 6 heteroatoms. The first kappa shape index (κ1) is 16.4. The van der Waals surface area contributed by atoms with Crippen molar-refractivity contribution in [1.29, 1.82) is 0 Å². The summed E-state index contributed by atoms with van der Waals surface area (Å²) in [6.45, 7) is 3.41. The Balaban J connectivity index is 1.88. The maximum Gasteiger partial charge on any atom is 0.154 e. The molecule has 5 rings (SSSR count). The molecule has 0 saturated carbocycles. The molecule has 1 aromatic carbocycles. The van der Waals surface area contributed by atoms with E-state index < -0.39 is 9.84 Å². The van der Waals surface area contributed by atoms with Crippen LogP contribution in [0.4, 0.5) is 0 Å². The fourth-order valence-electron chi connectivity index (χ4n) is 3.99. The van der Waals surface area contributed by atoms with Gasteiger partial charge in [-0.1, -0.05) is 29.8 Å². The molecular formula is C20H19NO3S2. The number of aromatic nitrogens is 1. The summed E-state index contributed by atoms with van der Waals surface area (Å²) in [5, 5.41) is 1.15. The van der Waals surface area contributed by atoms with Crippen LogP contribution in [0.1, 0.15) is 27.3 Å². The van der Waals surface area contributed by atoms with Crippen LogP contribution in [0.15, 0.2) is 24.3 Å². The second kappa shape index (κ2) is 5.87. The minimum atomic E-state index is -3.07. The number of hydrogen-bond donors (Lipinski definition) is 0. The van der Waals surface area contributed by atoms with E-state index in [9.17, 15) is 8.42 Å². The summed E-state index contributed by atoms with van der Waals surface area (Å²) in [6.07, 6.45) is 1.37. The minimum absolute atomic E-state index is 0.0929. The molecule has 0 atom stereocenters. The van der Waals surface area contributed by atoms with Gasteiger partial charge in [-0.25, -0.2) is 13.4 Å². The Hall–Kier alpha value is -1.76. The van der Waals surface area contributed by atoms with Crippen molar-refractivity contribution >= 4 is 31.4 Å². The fraction of sp³-hybridized carbons (Fsp3) is 0.350. The number of rotatable bonds is 1. The van der Waals surface area contributed by atoms with Crippen molar-refractivity contribution < 1.29 is 13.2 Å². The third-order valence-electron chi connectivity index (χ3n) is 5.29. The van der Waals surface area contributed by atoms with Gasteiger partial charge in [0.05, 0.1) is 24.7 Å². The lowest BCUT2D eigenvalue weighted by atomic mass is 9.92. The number of ether oxygens (including phenoxy) is 1. The maximum atomic E-state index is 12.4. The Morgan fingerprint density at radius 2 is 1.92 bits per heavy atom. The van der Waals surface area contributed by atoms with Gasteiger partial charge in [-0.15, -0.1) is 11.3 Å². The number of benzene rings is 1. The maximum absolute atomic E-state index is 12.4. The normalized spacial score (nSPS) is 18.5. The summed E-state index contributed by atoms with van der Waals surface area (Å²) < 4.78 is 30.4. The van der Waals surface area contributed by atoms with Crippen LogP contribution >= 0.6 is 11.3 Å². The van der Waals surface area contributed by atoms with Crippen molar-refractivity contribution in [3.05, 3.63) is 51.5 Å². The minimum Gasteiger partial charge on any atom is -0.376 e. The van der Waals surface area contributed by atoms with E-state index >= 15 is 0 Å². The average Bonchev–Trinajstić information content (AvgIpc) is 2.98. The van der Waals surface area contributed by atoms with Crippen molar-refractivity contribution in [3.8, 4) is 11.1 Å². The highest BCUT2D eigenvalue weighted by atomic mass is 32.2. The number of sulfone groups is 1. The van der Waals surface area contributed by atoms with E-state index in [2.05, 4.69) is 31.2 Å². The average molecular weight is 386 g/mol. The van der Waals surface area contributed by atoms with Crippen LogP contribution in [-0.4, -0.2) is 25.8 Å². The van der Waals surface area contributed by atoms with Gasteiger partial charge < -0.3 is 4.74 Å². The number of nitrogens with zero attached hydrogens (tertiary/aromatic N) is 1. The van der Waals surface area contributed by atoms with Gasteiger partial charge in [-0.3, -0.25) is 0 Å². The monoisotopic (exact) mass is 385 g/mol. The highest BCUT2D eigenvalue weighted by molar-refractivity contribution is 7.90. The molecule has 2 aliphatic heterocycles. The summed E-state index contributed by atoms with van der Waals surface area (Å²) in [5.41, 5.74) is 6.50. The van der Waals surface area contributed by atoms with Crippen LogP contribution in [0.5, 0.6) is 0 Å². The summed E-state index contributed by atoms with van der Waals surface area (Å²) >= 11 is 1.70. The van der Waals surface area contributed by atoms with Crippen LogP contribution < -0.4 is 0 Å². The van der Waals surface area contributed by atoms with Gasteiger partial charge in [0.25, 0.3) is 0 Å². The Kier molecular flexibility index (Phi) is 3.71. The topological polar surface area (TPSA) is 56.3 Å². The van der Waals surface area contributed by atoms with Crippen molar-refractivity contribution in [2.75, 3.05) is 12.4 Å². The lowest BCUT2D eigenvalue weighted by Crippen LogP contribution is -2.21. The Labute approximate surface area is 156 Å². The molecule has 0 bridgehead atoms. The van der Waals surface area contributed by atoms with Gasteiger partial charge in [0.15, 0.2) is 9.84 Å². The van der Waals surface area contributed by atoms with Gasteiger partial charge in [0.1, 0.15) is 4.83 Å². The summed E-state index contributed by atoms with van der Waals surface area (Å²) in [6, 6.07) is 8.39. The molecule has 0 amide bonds. The first-order valence-corrected chi connectivity index (χ1v) is 11.5. The molecule has 0 spiro atoms. The predicted molar refractivity (Wildman–Crippen MR) is 104 cm³/mol. The van der Waals surface area contributed by atoms with E-state index in [1.807, 2.05) is 0 Å². The lowest BCUT2D eigenvalue weighted by molar-refractivity contribution is 0.114. The molecule has 0 fully saturated rings. The number of thiophene rings is 1. The highest BCUT2D eigenvalue weighted by Crippen LogP contribution is 2.43. The lowest BCUT2D eigenvalue weighted by Gasteiger charge is -2.21. The summed E-state index contributed by atoms with van der Waals surface area (Å²) in [7, 11) is -3.07. The van der Waals surface area contributed by atoms with Crippen LogP contribution in [0, 0.1) is 6.92 Å². The van der Waals surface area contributed by atoms with Gasteiger partial charge in [-0.05, 0) is 35.6 Å². The zero-order valence-corrected chi connectivity index (χ0v) is 16.2. The van der Waals surface area contributed by atoms with Crippen molar-refractivity contribution in [1.82, 2.24) is 4.98 Å². The molecule has 2 aliphatic rings. The van der Waals surface area contributed by atoms with Crippen molar-refractivity contribution in [3.63, 3.8) is 0 Å². The van der Waals surface area contributed by atoms with E-state index in [1.165, 1.54) is 16.0 Å². The van der Waals surface area contributed by atoms with Crippen molar-refractivity contribution in [2.45, 2.75) is 32.1 Å². The van der Waals surface area contributed by atoms with E-state index in [0.29, 0.717) is 19.6 Å². The van der Waals surface area contributed by atoms with Gasteiger partial charge in [0, 0.05) is 22.4 Å². The van der Waals surface area contributed by atoms with Crippen LogP contribution in [0.2, 0.25) is 0 Å². The SMILES string of the molecule is Cc1ccc(-c2c3c(nc4sc5c(c24)CCOC5)CCS(=O)(=O)C3)cc1. The number of hydrogen-bond acceptors (Lipinski definition) is 5. The van der Waals surface area contributed by atoms with Crippen molar-refractivity contribution in [2.24, 2.45) is 0 Å². The summed E-state index contributed by atoms with van der Waals surface area (Å²) in [5.74, 6) is 0.287. The molecule has 0 unspecified atom stereocenters. The molecule has 134 valence electrons. The van der Waals surface area contributed by atoms with E-state index in [4.69, 9.17) is 9.72 Å². The third-order valence-corrected chi connectivity index (χ3v) is 7.95. The van der Waals surface area contributed by atoms with Crippen LogP contribution in [-0.2, 0) is 39.8 Å². The Morgan fingerprint density at radius 3 is 2.73 bits per heavy atom. The van der Waals surface area contributed by atoms with Crippen LogP contribution in [0.3, 0.4) is 0 Å². The molecular weight excluding hydrogens is 366 g/mol. The van der Waals surface area contributed by atoms with Gasteiger partial charge in [-0.2, -0.15) is 0 Å². The predicted octanol–water partition coefficient (Wildman–Crippen LogP) is 3.82. The first-order chi connectivity index (χ1) is 12.5. The Morgan fingerprint density at radius 1 is 1.12 bits per heavy atom. The molecule has 3 aromatic rings. The quantitative estimate of drug-likeness (QED) is 0.639. The third kappa shape index (κ3) is 2.59. The largest absolute Gasteiger partial charge is 0.376 e. The molecule has 0 saturated heterocycles. The first-order valence-electron chi connectivity index (χ1n) is 8.83. The molecule has 2 aromatic heterocycles. The van der Waals surface area contributed by atoms with Gasteiger partial charge in [0.2, 0.25) is 0 Å². The Bertz CT molecular complexity index is 1130. The number of fused-ring (bicyclic) bond motifs is 4. The van der Waals surface area contributed by atoms with E-state index in [0.717, 1.165) is 39.0 Å². The molecule has 4 heterocycles. The smallest absolute Gasteiger partial charge is 0.154 e. The zero-order valence-electron chi connectivity index (χ0n) is 14.5. The van der Waals surface area contributed by atoms with Gasteiger partial charge >= 0.3 is 0 Å². The van der Waals surface area contributed by atoms with E-state index in [1.54, 1.807) is 11.3 Å². The molecule has 0 radical (unpaired) electrons. The number of aryl methyl sites for hydroxylation is 2. The van der Waals surface area contributed by atoms with Crippen LogP contribution in [0.25, 0.3) is 21.3 Å². The molecule has 4 nitrogen and oxygen atoms in total. The molecule has 0 N–H and O–H groups in total. The second-order valence-corrected chi connectivity index (χ2v) is 10.4. The fourth-order valence-corrected chi connectivity index (χ4v) is 6.57. The van der Waals surface area contributed by atoms with E-state index in [-0.39, 0.29) is 11.5 Å². The standard InChI is InChI=1S/C20H19NO3S2/c1-12-2-4-13(5-3-12)18-15-11-26(22,23)9-7-16(15)21-20-19(18)14-6-8-24-10-17(14)25-20/h2-5H,6-11H2,1H3. The second-order valence-electron chi connectivity index (χ2n) is 7.11. The zero-order chi connectivity index (χ0) is 17.9. The number of pyridine rings is 1. The summed E-state index contributed by atoms with van der Waals surface area (Å²) in [4.78, 5) is 7.14. The molecule has 0 aliphatic carbocycles. The highest BCUT2D eigenvalue weighted by Gasteiger charge is 2.30.